The zero-order chi connectivity index (χ0) is 16.2. The fourth-order valence-corrected chi connectivity index (χ4v) is 3.06. The molecule has 23 heavy (non-hydrogen) atoms. The molecule has 3 rings (SSSR count). The van der Waals surface area contributed by atoms with Crippen molar-refractivity contribution in [3.63, 3.8) is 0 Å². The average molecular weight is 309 g/mol. The highest BCUT2D eigenvalue weighted by Gasteiger charge is 2.21. The summed E-state index contributed by atoms with van der Waals surface area (Å²) in [6, 6.07) is 10.5. The summed E-state index contributed by atoms with van der Waals surface area (Å²) in [6.45, 7) is 3.13. The molecule has 0 unspecified atom stereocenters. The second-order valence-corrected chi connectivity index (χ2v) is 5.85. The quantitative estimate of drug-likeness (QED) is 0.854. The molecule has 1 aliphatic heterocycles. The van der Waals surface area contributed by atoms with Crippen molar-refractivity contribution >= 4 is 5.91 Å². The molecule has 0 aliphatic carbocycles. The lowest BCUT2D eigenvalue weighted by molar-refractivity contribution is -0.130. The van der Waals surface area contributed by atoms with Gasteiger partial charge in [-0.1, -0.05) is 29.4 Å². The Bertz CT molecular complexity index is 758. The number of amides is 1. The van der Waals surface area contributed by atoms with E-state index in [-0.39, 0.29) is 12.3 Å². The zero-order valence-electron chi connectivity index (χ0n) is 13.2. The summed E-state index contributed by atoms with van der Waals surface area (Å²) in [5.41, 5.74) is 3.53. The second-order valence-electron chi connectivity index (χ2n) is 5.85. The first-order chi connectivity index (χ1) is 11.2. The van der Waals surface area contributed by atoms with Gasteiger partial charge in [-0.25, -0.2) is 0 Å². The maximum Gasteiger partial charge on any atom is 0.228 e. The summed E-state index contributed by atoms with van der Waals surface area (Å²) < 4.78 is 5.02. The van der Waals surface area contributed by atoms with Crippen molar-refractivity contribution in [2.75, 3.05) is 13.1 Å². The van der Waals surface area contributed by atoms with Crippen LogP contribution in [0.1, 0.15) is 34.6 Å². The third-order valence-corrected chi connectivity index (χ3v) is 4.36. The van der Waals surface area contributed by atoms with Crippen LogP contribution >= 0.6 is 0 Å². The summed E-state index contributed by atoms with van der Waals surface area (Å²) in [5, 5.41) is 13.0. The first kappa shape index (κ1) is 15.3. The fourth-order valence-electron chi connectivity index (χ4n) is 3.06. The number of aryl methyl sites for hydroxylation is 2. The van der Waals surface area contributed by atoms with Gasteiger partial charge in [-0.3, -0.25) is 4.79 Å². The molecule has 2 heterocycles. The number of carbonyl (C=O) groups is 1. The maximum absolute atomic E-state index is 12.6. The van der Waals surface area contributed by atoms with Crippen LogP contribution in [-0.2, 0) is 24.1 Å². The van der Waals surface area contributed by atoms with Gasteiger partial charge in [0.15, 0.2) is 5.76 Å². The van der Waals surface area contributed by atoms with Gasteiger partial charge < -0.3 is 9.42 Å². The number of carbonyl (C=O) groups excluding carboxylic acids is 1. The summed E-state index contributed by atoms with van der Waals surface area (Å²) in [5.74, 6) is 0.478. The molecule has 0 saturated carbocycles. The molecule has 118 valence electrons. The van der Waals surface area contributed by atoms with E-state index in [2.05, 4.69) is 29.4 Å². The highest BCUT2D eigenvalue weighted by Crippen LogP contribution is 2.18. The minimum Gasteiger partial charge on any atom is -0.360 e. The molecule has 0 N–H and O–H groups in total. The molecule has 1 aromatic carbocycles. The van der Waals surface area contributed by atoms with Crippen molar-refractivity contribution in [3.8, 4) is 6.07 Å². The molecule has 0 bridgehead atoms. The molecule has 0 saturated heterocycles. The largest absolute Gasteiger partial charge is 0.360 e. The van der Waals surface area contributed by atoms with E-state index in [0.717, 1.165) is 25.8 Å². The van der Waals surface area contributed by atoms with E-state index in [1.54, 1.807) is 6.92 Å². The molecule has 0 radical (unpaired) electrons. The highest BCUT2D eigenvalue weighted by molar-refractivity contribution is 5.79. The van der Waals surface area contributed by atoms with Crippen molar-refractivity contribution in [1.29, 1.82) is 5.26 Å². The minimum absolute atomic E-state index is 0.00850. The van der Waals surface area contributed by atoms with Gasteiger partial charge in [-0.05, 0) is 37.3 Å². The van der Waals surface area contributed by atoms with Gasteiger partial charge in [0.2, 0.25) is 5.91 Å². The number of hydrogen-bond donors (Lipinski definition) is 0. The average Bonchev–Trinajstić information content (AvgIpc) is 2.88. The Kier molecular flexibility index (Phi) is 4.42. The molecule has 2 aromatic rings. The fraction of sp³-hybridized carbons (Fsp3) is 0.389. The summed E-state index contributed by atoms with van der Waals surface area (Å²) in [7, 11) is 0. The standard InChI is InChI=1S/C18H19N3O2/c1-13-16(12-19)17(20-23-13)11-18(22)21-9-4-7-14-5-2-3-6-15(14)8-10-21/h2-3,5-6H,4,7-11H2,1H3. The van der Waals surface area contributed by atoms with E-state index in [4.69, 9.17) is 9.78 Å². The monoisotopic (exact) mass is 309 g/mol. The second kappa shape index (κ2) is 6.66. The first-order valence-corrected chi connectivity index (χ1v) is 7.89. The van der Waals surface area contributed by atoms with Crippen molar-refractivity contribution in [2.24, 2.45) is 0 Å². The molecule has 1 aromatic heterocycles. The van der Waals surface area contributed by atoms with Gasteiger partial charge in [-0.15, -0.1) is 0 Å². The number of nitrogens with zero attached hydrogens (tertiary/aromatic N) is 3. The van der Waals surface area contributed by atoms with Crippen LogP contribution in [0.3, 0.4) is 0 Å². The van der Waals surface area contributed by atoms with E-state index >= 15 is 0 Å². The van der Waals surface area contributed by atoms with Gasteiger partial charge in [0, 0.05) is 13.1 Å². The third-order valence-electron chi connectivity index (χ3n) is 4.36. The van der Waals surface area contributed by atoms with Crippen molar-refractivity contribution in [3.05, 3.63) is 52.4 Å². The van der Waals surface area contributed by atoms with Gasteiger partial charge in [-0.2, -0.15) is 5.26 Å². The lowest BCUT2D eigenvalue weighted by Gasteiger charge is -2.25. The number of hydrogen-bond acceptors (Lipinski definition) is 4. The summed E-state index contributed by atoms with van der Waals surface area (Å²) in [6.07, 6.45) is 2.94. The summed E-state index contributed by atoms with van der Waals surface area (Å²) >= 11 is 0. The predicted octanol–water partition coefficient (Wildman–Crippen LogP) is 2.41. The van der Waals surface area contributed by atoms with Gasteiger partial charge >= 0.3 is 0 Å². The van der Waals surface area contributed by atoms with Gasteiger partial charge in [0.1, 0.15) is 17.3 Å². The Hall–Kier alpha value is -2.61. The van der Waals surface area contributed by atoms with E-state index in [9.17, 15) is 4.79 Å². The molecule has 0 spiro atoms. The van der Waals surface area contributed by atoms with Crippen molar-refractivity contribution in [2.45, 2.75) is 32.6 Å². The molecular formula is C18H19N3O2. The normalized spacial score (nSPS) is 14.5. The predicted molar refractivity (Wildman–Crippen MR) is 84.7 cm³/mol. The van der Waals surface area contributed by atoms with E-state index in [1.165, 1.54) is 11.1 Å². The molecule has 1 amide bonds. The maximum atomic E-state index is 12.6. The van der Waals surface area contributed by atoms with Crippen LogP contribution in [0.15, 0.2) is 28.8 Å². The number of aromatic nitrogens is 1. The van der Waals surface area contributed by atoms with Gasteiger partial charge in [0.05, 0.1) is 6.42 Å². The molecule has 5 nitrogen and oxygen atoms in total. The first-order valence-electron chi connectivity index (χ1n) is 7.89. The van der Waals surface area contributed by atoms with Crippen LogP contribution in [0, 0.1) is 18.3 Å². The Morgan fingerprint density at radius 1 is 1.30 bits per heavy atom. The SMILES string of the molecule is Cc1onc(CC(=O)N2CCCc3ccccc3CC2)c1C#N. The highest BCUT2D eigenvalue weighted by atomic mass is 16.5. The topological polar surface area (TPSA) is 70.1 Å². The van der Waals surface area contributed by atoms with E-state index < -0.39 is 0 Å². The Labute approximate surface area is 135 Å². The number of fused-ring (bicyclic) bond motifs is 1. The lowest BCUT2D eigenvalue weighted by Crippen LogP contribution is -2.36. The van der Waals surface area contributed by atoms with Crippen LogP contribution in [-0.4, -0.2) is 29.1 Å². The van der Waals surface area contributed by atoms with E-state index in [0.29, 0.717) is 23.6 Å². The van der Waals surface area contributed by atoms with Crippen LogP contribution < -0.4 is 0 Å². The molecule has 0 fully saturated rings. The van der Waals surface area contributed by atoms with Gasteiger partial charge in [0.25, 0.3) is 0 Å². The van der Waals surface area contributed by atoms with Crippen LogP contribution in [0.25, 0.3) is 0 Å². The Balaban J connectivity index is 1.70. The number of nitriles is 1. The van der Waals surface area contributed by atoms with Crippen LogP contribution in [0.5, 0.6) is 0 Å². The Morgan fingerprint density at radius 2 is 2.04 bits per heavy atom. The third kappa shape index (κ3) is 3.26. The van der Waals surface area contributed by atoms with Crippen LogP contribution in [0.4, 0.5) is 0 Å². The summed E-state index contributed by atoms with van der Waals surface area (Å²) in [4.78, 5) is 14.4. The number of rotatable bonds is 2. The van der Waals surface area contributed by atoms with Crippen LogP contribution in [0.2, 0.25) is 0 Å². The number of benzene rings is 1. The lowest BCUT2D eigenvalue weighted by atomic mass is 9.98. The van der Waals surface area contributed by atoms with Crippen molar-refractivity contribution in [1.82, 2.24) is 10.1 Å². The van der Waals surface area contributed by atoms with Crippen molar-refractivity contribution < 1.29 is 9.32 Å². The zero-order valence-corrected chi connectivity index (χ0v) is 13.2. The smallest absolute Gasteiger partial charge is 0.228 e. The van der Waals surface area contributed by atoms with E-state index in [1.807, 2.05) is 11.0 Å². The molecular weight excluding hydrogens is 290 g/mol. The molecule has 5 heteroatoms. The molecule has 0 atom stereocenters. The Morgan fingerprint density at radius 3 is 2.78 bits per heavy atom. The molecule has 1 aliphatic rings. The minimum atomic E-state index is 0.00850.